The minimum atomic E-state index is -0.557. The lowest BCUT2D eigenvalue weighted by molar-refractivity contribution is 0.359. The summed E-state index contributed by atoms with van der Waals surface area (Å²) in [5.74, 6) is 0.138. The van der Waals surface area contributed by atoms with E-state index in [9.17, 15) is 5.11 Å². The van der Waals surface area contributed by atoms with Crippen LogP contribution in [0.25, 0.3) is 32.9 Å². The Morgan fingerprint density at radius 1 is 1.05 bits per heavy atom. The first-order chi connectivity index (χ1) is 19.0. The van der Waals surface area contributed by atoms with Crippen LogP contribution in [-0.4, -0.2) is 76.9 Å². The Morgan fingerprint density at radius 2 is 1.79 bits per heavy atom. The van der Waals surface area contributed by atoms with Gasteiger partial charge in [-0.1, -0.05) is 31.2 Å². The number of aromatic hydroxyl groups is 1. The van der Waals surface area contributed by atoms with Crippen molar-refractivity contribution in [3.05, 3.63) is 48.4 Å². The summed E-state index contributed by atoms with van der Waals surface area (Å²) in [6.45, 7) is 7.76. The Morgan fingerprint density at radius 3 is 2.49 bits per heavy atom. The van der Waals surface area contributed by atoms with E-state index in [-0.39, 0.29) is 23.0 Å². The molecule has 2 atom stereocenters. The van der Waals surface area contributed by atoms with Gasteiger partial charge in [0.25, 0.3) is 0 Å². The van der Waals surface area contributed by atoms with E-state index in [0.717, 1.165) is 36.7 Å². The van der Waals surface area contributed by atoms with Crippen LogP contribution in [0.15, 0.2) is 42.6 Å². The van der Waals surface area contributed by atoms with E-state index < -0.39 is 5.82 Å². The first-order valence-electron chi connectivity index (χ1n) is 13.9. The van der Waals surface area contributed by atoms with Gasteiger partial charge in [0, 0.05) is 36.9 Å². The number of nitrogens with zero attached hydrogens (tertiary/aromatic N) is 5. The Kier molecular flexibility index (Phi) is 7.18. The molecule has 2 N–H and O–H groups in total. The van der Waals surface area contributed by atoms with Crippen LogP contribution in [0.1, 0.15) is 32.6 Å². The van der Waals surface area contributed by atoms with Gasteiger partial charge in [-0.25, -0.2) is 4.39 Å². The van der Waals surface area contributed by atoms with Crippen LogP contribution in [0.4, 0.5) is 10.2 Å². The molecular weight excluding hydrogens is 495 g/mol. The Balaban J connectivity index is 0.000000346. The maximum atomic E-state index is 15.9. The zero-order valence-electron chi connectivity index (χ0n) is 22.5. The van der Waals surface area contributed by atoms with Crippen LogP contribution in [0.2, 0.25) is 0 Å². The number of aromatic nitrogens is 3. The second kappa shape index (κ2) is 10.9. The molecule has 9 heteroatoms. The fraction of sp³-hybridized carbons (Fsp3) is 0.433. The Hall–Kier alpha value is -3.56. The highest BCUT2D eigenvalue weighted by atomic mass is 19.1. The topological polar surface area (TPSA) is 86.6 Å². The summed E-state index contributed by atoms with van der Waals surface area (Å²) in [7, 11) is 1.48. The molecule has 2 bridgehead atoms. The molecule has 0 amide bonds. The number of phenolic OH excluding ortho intramolecular Hbond substituents is 1. The summed E-state index contributed by atoms with van der Waals surface area (Å²) in [5.41, 5.74) is 0.811. The third kappa shape index (κ3) is 5.08. The van der Waals surface area contributed by atoms with Crippen LogP contribution >= 0.6 is 0 Å². The molecule has 3 aliphatic rings. The molecule has 2 aromatic carbocycles. The smallest absolute Gasteiger partial charge is 0.318 e. The van der Waals surface area contributed by atoms with E-state index in [1.165, 1.54) is 45.7 Å². The molecule has 204 valence electrons. The summed E-state index contributed by atoms with van der Waals surface area (Å²) in [6, 6.07) is 11.6. The number of nitrogens with one attached hydrogen (secondary N) is 1. The zero-order valence-corrected chi connectivity index (χ0v) is 22.5. The number of anilines is 1. The van der Waals surface area contributed by atoms with Gasteiger partial charge < -0.3 is 25.0 Å². The molecule has 39 heavy (non-hydrogen) atoms. The summed E-state index contributed by atoms with van der Waals surface area (Å²) >= 11 is 0. The molecule has 0 aliphatic carbocycles. The van der Waals surface area contributed by atoms with Crippen molar-refractivity contribution in [2.24, 2.45) is 0 Å². The van der Waals surface area contributed by atoms with E-state index in [4.69, 9.17) is 4.74 Å². The average molecular weight is 531 g/mol. The Labute approximate surface area is 227 Å². The molecule has 4 aromatic rings. The van der Waals surface area contributed by atoms with Gasteiger partial charge in [-0.15, -0.1) is 0 Å². The number of hydrogen-bond donors (Lipinski definition) is 2. The quantitative estimate of drug-likeness (QED) is 0.391. The molecule has 3 saturated heterocycles. The predicted molar refractivity (Wildman–Crippen MR) is 152 cm³/mol. The van der Waals surface area contributed by atoms with Crippen molar-refractivity contribution in [3.63, 3.8) is 0 Å². The molecule has 0 saturated carbocycles. The van der Waals surface area contributed by atoms with Crippen molar-refractivity contribution in [1.29, 1.82) is 0 Å². The number of rotatable bonds is 4. The summed E-state index contributed by atoms with van der Waals surface area (Å²) in [4.78, 5) is 18.0. The van der Waals surface area contributed by atoms with E-state index in [1.807, 2.05) is 24.3 Å². The van der Waals surface area contributed by atoms with Crippen molar-refractivity contribution in [2.75, 3.05) is 44.7 Å². The number of piperazine rings is 1. The normalized spacial score (nSPS) is 20.8. The molecular formula is C30H35FN6O2. The SMILES string of the molecule is CCN1CCCC1.COc1nc(N2CC3CCC(C2)N3)c2cnc(-c3cc(O)cc4ccccc34)c(F)c2n1. The molecule has 3 fully saturated rings. The highest BCUT2D eigenvalue weighted by Crippen LogP contribution is 2.37. The number of methoxy groups -OCH3 is 1. The molecule has 2 unspecified atom stereocenters. The lowest BCUT2D eigenvalue weighted by Gasteiger charge is -2.34. The summed E-state index contributed by atoms with van der Waals surface area (Å²) < 4.78 is 21.2. The molecule has 5 heterocycles. The van der Waals surface area contributed by atoms with Crippen molar-refractivity contribution in [3.8, 4) is 23.0 Å². The Bertz CT molecular complexity index is 1480. The third-order valence-electron chi connectivity index (χ3n) is 8.09. The maximum absolute atomic E-state index is 15.9. The van der Waals surface area contributed by atoms with Crippen LogP contribution in [0, 0.1) is 5.82 Å². The van der Waals surface area contributed by atoms with Crippen molar-refractivity contribution in [1.82, 2.24) is 25.2 Å². The van der Waals surface area contributed by atoms with Gasteiger partial charge in [0.05, 0.1) is 12.5 Å². The largest absolute Gasteiger partial charge is 0.508 e. The molecule has 2 aromatic heterocycles. The van der Waals surface area contributed by atoms with E-state index in [2.05, 4.69) is 37.0 Å². The van der Waals surface area contributed by atoms with Crippen LogP contribution < -0.4 is 15.0 Å². The van der Waals surface area contributed by atoms with Gasteiger partial charge in [0.15, 0.2) is 5.82 Å². The molecule has 7 rings (SSSR count). The molecule has 3 aliphatic heterocycles. The molecule has 0 spiro atoms. The highest BCUT2D eigenvalue weighted by Gasteiger charge is 2.34. The average Bonchev–Trinajstić information content (AvgIpc) is 3.61. The minimum Gasteiger partial charge on any atom is -0.508 e. The number of benzene rings is 2. The number of ether oxygens (including phenoxy) is 1. The second-order valence-corrected chi connectivity index (χ2v) is 10.6. The fourth-order valence-electron chi connectivity index (χ4n) is 6.10. The van der Waals surface area contributed by atoms with E-state index in [1.54, 1.807) is 12.3 Å². The minimum absolute atomic E-state index is 0.0530. The standard InChI is InChI=1S/C24H22FN5O2.C6H13N/c1-32-24-28-22-19(23(29-24)30-11-14-6-7-15(12-30)27-14)10-26-21(20(22)25)18-9-16(31)8-13-4-2-3-5-17(13)18;1-2-7-5-3-4-6-7/h2-5,8-10,14-15,27,31H,6-7,11-12H2,1H3;2-6H2,1H3. The second-order valence-electron chi connectivity index (χ2n) is 10.6. The summed E-state index contributed by atoms with van der Waals surface area (Å²) in [6.07, 6.45) is 6.73. The van der Waals surface area contributed by atoms with Crippen molar-refractivity contribution < 1.29 is 14.2 Å². The van der Waals surface area contributed by atoms with Crippen LogP contribution in [-0.2, 0) is 0 Å². The lowest BCUT2D eigenvalue weighted by Crippen LogP contribution is -2.51. The van der Waals surface area contributed by atoms with Gasteiger partial charge in [-0.2, -0.15) is 9.97 Å². The monoisotopic (exact) mass is 530 g/mol. The number of likely N-dealkylation sites (tertiary alicyclic amines) is 1. The van der Waals surface area contributed by atoms with Gasteiger partial charge >= 0.3 is 6.01 Å². The first kappa shape index (κ1) is 25.7. The maximum Gasteiger partial charge on any atom is 0.318 e. The zero-order chi connectivity index (χ0) is 26.9. The number of phenols is 1. The highest BCUT2D eigenvalue weighted by molar-refractivity contribution is 5.99. The van der Waals surface area contributed by atoms with E-state index >= 15 is 4.39 Å². The van der Waals surface area contributed by atoms with Gasteiger partial charge in [-0.3, -0.25) is 4.98 Å². The van der Waals surface area contributed by atoms with Crippen molar-refractivity contribution in [2.45, 2.75) is 44.7 Å². The van der Waals surface area contributed by atoms with Gasteiger partial charge in [0.2, 0.25) is 0 Å². The first-order valence-corrected chi connectivity index (χ1v) is 13.9. The van der Waals surface area contributed by atoms with Crippen LogP contribution in [0.3, 0.4) is 0 Å². The summed E-state index contributed by atoms with van der Waals surface area (Å²) in [5, 5.41) is 16.0. The number of halogens is 1. The molecule has 8 nitrogen and oxygen atoms in total. The number of fused-ring (bicyclic) bond motifs is 4. The van der Waals surface area contributed by atoms with Gasteiger partial charge in [0.1, 0.15) is 22.8 Å². The fourth-order valence-corrected chi connectivity index (χ4v) is 6.10. The lowest BCUT2D eigenvalue weighted by atomic mass is 10.0. The third-order valence-corrected chi connectivity index (χ3v) is 8.09. The predicted octanol–water partition coefficient (Wildman–Crippen LogP) is 4.74. The van der Waals surface area contributed by atoms with Gasteiger partial charge in [-0.05, 0) is 68.2 Å². The number of pyridine rings is 1. The van der Waals surface area contributed by atoms with Crippen LogP contribution in [0.5, 0.6) is 11.8 Å². The van der Waals surface area contributed by atoms with E-state index in [0.29, 0.717) is 28.9 Å². The van der Waals surface area contributed by atoms with Crippen molar-refractivity contribution >= 4 is 27.5 Å². The molecule has 0 radical (unpaired) electrons. The number of hydrogen-bond acceptors (Lipinski definition) is 8.